The topological polar surface area (TPSA) is 74.2 Å². The standard InChI is InChI=1S/C22H32N4O3/c1-16-5-4-6-17(2)25(16)14-13-23-21(27)15-26-22(28)12-11-20(24-26)18-7-9-19(29-3)10-8-18/h7-10,16-17H,4-6,11-15H2,1-3H3,(H,23,27)/t16-,17-/m0/s1. The lowest BCUT2D eigenvalue weighted by Gasteiger charge is -2.39. The van der Waals surface area contributed by atoms with E-state index in [1.54, 1.807) is 7.11 Å². The van der Waals surface area contributed by atoms with Crippen molar-refractivity contribution in [1.29, 1.82) is 0 Å². The molecule has 1 aromatic carbocycles. The molecule has 0 unspecified atom stereocenters. The SMILES string of the molecule is COc1ccc(C2=NN(CC(=O)NCCN3[C@@H](C)CCC[C@@H]3C)C(=O)CC2)cc1. The summed E-state index contributed by atoms with van der Waals surface area (Å²) in [5, 5.41) is 8.68. The fourth-order valence-electron chi connectivity index (χ4n) is 4.15. The predicted molar refractivity (Wildman–Crippen MR) is 113 cm³/mol. The van der Waals surface area contributed by atoms with Crippen LogP contribution in [-0.4, -0.2) is 66.3 Å². The Morgan fingerprint density at radius 3 is 2.52 bits per heavy atom. The van der Waals surface area contributed by atoms with E-state index >= 15 is 0 Å². The van der Waals surface area contributed by atoms with Gasteiger partial charge in [0, 0.05) is 38.0 Å². The number of rotatable bonds is 7. The summed E-state index contributed by atoms with van der Waals surface area (Å²) in [6.45, 7) is 5.88. The summed E-state index contributed by atoms with van der Waals surface area (Å²) in [5.41, 5.74) is 1.76. The zero-order valence-electron chi connectivity index (χ0n) is 17.7. The number of amides is 2. The maximum atomic E-state index is 12.4. The van der Waals surface area contributed by atoms with Gasteiger partial charge in [-0.1, -0.05) is 6.42 Å². The van der Waals surface area contributed by atoms with Crippen molar-refractivity contribution in [2.24, 2.45) is 5.10 Å². The van der Waals surface area contributed by atoms with Crippen molar-refractivity contribution in [1.82, 2.24) is 15.2 Å². The van der Waals surface area contributed by atoms with Crippen molar-refractivity contribution in [2.45, 2.75) is 58.0 Å². The molecule has 2 amide bonds. The molecule has 0 aromatic heterocycles. The quantitative estimate of drug-likeness (QED) is 0.763. The van der Waals surface area contributed by atoms with E-state index in [0.29, 0.717) is 31.5 Å². The Bertz CT molecular complexity index is 737. The number of hydrazone groups is 1. The summed E-state index contributed by atoms with van der Waals surface area (Å²) in [6, 6.07) is 8.69. The van der Waals surface area contributed by atoms with Gasteiger partial charge in [0.2, 0.25) is 11.8 Å². The zero-order valence-corrected chi connectivity index (χ0v) is 17.7. The minimum Gasteiger partial charge on any atom is -0.497 e. The van der Waals surface area contributed by atoms with Crippen LogP contribution >= 0.6 is 0 Å². The maximum Gasteiger partial charge on any atom is 0.243 e. The molecule has 0 radical (unpaired) electrons. The van der Waals surface area contributed by atoms with Gasteiger partial charge in [-0.05, 0) is 56.5 Å². The molecule has 29 heavy (non-hydrogen) atoms. The minimum absolute atomic E-state index is 0.0381. The van der Waals surface area contributed by atoms with E-state index in [1.165, 1.54) is 24.3 Å². The first-order chi connectivity index (χ1) is 14.0. The van der Waals surface area contributed by atoms with Crippen LogP contribution < -0.4 is 10.1 Å². The predicted octanol–water partition coefficient (Wildman–Crippen LogP) is 2.40. The Balaban J connectivity index is 1.53. The van der Waals surface area contributed by atoms with Crippen LogP contribution in [0.2, 0.25) is 0 Å². The Hall–Kier alpha value is -2.41. The second kappa shape index (κ2) is 9.87. The summed E-state index contributed by atoms with van der Waals surface area (Å²) in [6.07, 6.45) is 4.64. The average Bonchev–Trinajstić information content (AvgIpc) is 2.72. The lowest BCUT2D eigenvalue weighted by Crippen LogP contribution is -2.48. The van der Waals surface area contributed by atoms with E-state index in [2.05, 4.69) is 29.2 Å². The average molecular weight is 401 g/mol. The number of piperidine rings is 1. The molecule has 3 rings (SSSR count). The number of hydrogen-bond acceptors (Lipinski definition) is 5. The van der Waals surface area contributed by atoms with E-state index in [1.807, 2.05) is 24.3 Å². The Kier molecular flexibility index (Phi) is 7.25. The van der Waals surface area contributed by atoms with Crippen LogP contribution in [0.5, 0.6) is 5.75 Å². The van der Waals surface area contributed by atoms with Crippen LogP contribution in [0.1, 0.15) is 51.5 Å². The van der Waals surface area contributed by atoms with Crippen molar-refractivity contribution >= 4 is 17.5 Å². The zero-order chi connectivity index (χ0) is 20.8. The Morgan fingerprint density at radius 2 is 1.86 bits per heavy atom. The Morgan fingerprint density at radius 1 is 1.17 bits per heavy atom. The van der Waals surface area contributed by atoms with Gasteiger partial charge < -0.3 is 10.1 Å². The Labute approximate surface area is 173 Å². The van der Waals surface area contributed by atoms with Crippen LogP contribution in [0.15, 0.2) is 29.4 Å². The molecular weight excluding hydrogens is 368 g/mol. The van der Waals surface area contributed by atoms with Gasteiger partial charge in [0.05, 0.1) is 12.8 Å². The first-order valence-corrected chi connectivity index (χ1v) is 10.5. The summed E-state index contributed by atoms with van der Waals surface area (Å²) < 4.78 is 5.18. The molecule has 0 saturated carbocycles. The molecule has 158 valence electrons. The number of carbonyl (C=O) groups is 2. The molecule has 7 nitrogen and oxygen atoms in total. The molecule has 2 atom stereocenters. The highest BCUT2D eigenvalue weighted by molar-refractivity contribution is 6.04. The lowest BCUT2D eigenvalue weighted by atomic mass is 9.98. The van der Waals surface area contributed by atoms with E-state index in [9.17, 15) is 9.59 Å². The molecule has 1 N–H and O–H groups in total. The summed E-state index contributed by atoms with van der Waals surface area (Å²) in [5.74, 6) is 0.487. The highest BCUT2D eigenvalue weighted by Gasteiger charge is 2.25. The van der Waals surface area contributed by atoms with Crippen molar-refractivity contribution in [3.8, 4) is 5.75 Å². The first kappa shape index (κ1) is 21.3. The maximum absolute atomic E-state index is 12.4. The van der Waals surface area contributed by atoms with Crippen LogP contribution in [-0.2, 0) is 9.59 Å². The van der Waals surface area contributed by atoms with E-state index < -0.39 is 0 Å². The smallest absolute Gasteiger partial charge is 0.243 e. The molecular formula is C22H32N4O3. The number of nitrogens with one attached hydrogen (secondary N) is 1. The van der Waals surface area contributed by atoms with E-state index in [4.69, 9.17) is 4.74 Å². The first-order valence-electron chi connectivity index (χ1n) is 10.5. The number of ether oxygens (including phenoxy) is 1. The highest BCUT2D eigenvalue weighted by Crippen LogP contribution is 2.21. The van der Waals surface area contributed by atoms with Gasteiger partial charge in [-0.15, -0.1) is 0 Å². The number of methoxy groups -OCH3 is 1. The van der Waals surface area contributed by atoms with Crippen LogP contribution in [0.3, 0.4) is 0 Å². The van der Waals surface area contributed by atoms with Gasteiger partial charge in [0.1, 0.15) is 12.3 Å². The third kappa shape index (κ3) is 5.56. The minimum atomic E-state index is -0.171. The van der Waals surface area contributed by atoms with Crippen LogP contribution in [0.25, 0.3) is 0 Å². The van der Waals surface area contributed by atoms with Crippen molar-refractivity contribution in [2.75, 3.05) is 26.7 Å². The number of hydrogen-bond donors (Lipinski definition) is 1. The summed E-state index contributed by atoms with van der Waals surface area (Å²) in [4.78, 5) is 27.1. The van der Waals surface area contributed by atoms with E-state index in [-0.39, 0.29) is 18.4 Å². The third-order valence-corrected chi connectivity index (χ3v) is 5.89. The fraction of sp³-hybridized carbons (Fsp3) is 0.591. The molecule has 0 bridgehead atoms. The number of benzene rings is 1. The van der Waals surface area contributed by atoms with Crippen molar-refractivity contribution < 1.29 is 14.3 Å². The number of nitrogens with zero attached hydrogens (tertiary/aromatic N) is 3. The summed E-state index contributed by atoms with van der Waals surface area (Å²) >= 11 is 0. The number of carbonyl (C=O) groups excluding carboxylic acids is 2. The van der Waals surface area contributed by atoms with Crippen molar-refractivity contribution in [3.63, 3.8) is 0 Å². The number of likely N-dealkylation sites (tertiary alicyclic amines) is 1. The highest BCUT2D eigenvalue weighted by atomic mass is 16.5. The molecule has 1 saturated heterocycles. The van der Waals surface area contributed by atoms with E-state index in [0.717, 1.165) is 23.6 Å². The fourth-order valence-corrected chi connectivity index (χ4v) is 4.15. The van der Waals surface area contributed by atoms with Crippen LogP contribution in [0.4, 0.5) is 0 Å². The molecule has 7 heteroatoms. The van der Waals surface area contributed by atoms with Crippen LogP contribution in [0, 0.1) is 0 Å². The largest absolute Gasteiger partial charge is 0.497 e. The molecule has 1 aromatic rings. The molecule has 1 fully saturated rings. The lowest BCUT2D eigenvalue weighted by molar-refractivity contribution is -0.136. The normalized spacial score (nSPS) is 22.9. The molecule has 2 aliphatic heterocycles. The van der Waals surface area contributed by atoms with Gasteiger partial charge in [-0.25, -0.2) is 5.01 Å². The van der Waals surface area contributed by atoms with Gasteiger partial charge in [0.25, 0.3) is 0 Å². The molecule has 2 aliphatic rings. The second-order valence-corrected chi connectivity index (χ2v) is 7.94. The molecule has 2 heterocycles. The van der Waals surface area contributed by atoms with Gasteiger partial charge in [0.15, 0.2) is 0 Å². The van der Waals surface area contributed by atoms with Gasteiger partial charge in [-0.2, -0.15) is 5.10 Å². The van der Waals surface area contributed by atoms with Crippen molar-refractivity contribution in [3.05, 3.63) is 29.8 Å². The van der Waals surface area contributed by atoms with Gasteiger partial charge >= 0.3 is 0 Å². The molecule has 0 aliphatic carbocycles. The summed E-state index contributed by atoms with van der Waals surface area (Å²) in [7, 11) is 1.62. The molecule has 0 spiro atoms. The monoisotopic (exact) mass is 400 g/mol. The second-order valence-electron chi connectivity index (χ2n) is 7.94. The van der Waals surface area contributed by atoms with Gasteiger partial charge in [-0.3, -0.25) is 14.5 Å². The third-order valence-electron chi connectivity index (χ3n) is 5.89.